The van der Waals surface area contributed by atoms with E-state index in [2.05, 4.69) is 22.1 Å². The molecule has 0 radical (unpaired) electrons. The maximum Gasteiger partial charge on any atom is 0.287 e. The molecule has 0 aliphatic carbocycles. The molecule has 19 heavy (non-hydrogen) atoms. The number of pyridine rings is 1. The topological polar surface area (TPSA) is 71.3 Å². The van der Waals surface area contributed by atoms with Gasteiger partial charge in [0.05, 0.1) is 4.92 Å². The molecule has 1 unspecified atom stereocenters. The number of piperidine rings is 1. The first-order valence-electron chi connectivity index (χ1n) is 6.79. The lowest BCUT2D eigenvalue weighted by molar-refractivity contribution is -0.385. The van der Waals surface area contributed by atoms with Crippen molar-refractivity contribution in [3.63, 3.8) is 0 Å². The second-order valence-corrected chi connectivity index (χ2v) is 4.82. The van der Waals surface area contributed by atoms with E-state index >= 15 is 0 Å². The summed E-state index contributed by atoms with van der Waals surface area (Å²) in [6, 6.07) is 3.73. The summed E-state index contributed by atoms with van der Waals surface area (Å²) in [5.41, 5.74) is 0.0376. The molecular weight excluding hydrogens is 244 g/mol. The van der Waals surface area contributed by atoms with Gasteiger partial charge in [-0.25, -0.2) is 4.98 Å². The third-order valence-corrected chi connectivity index (χ3v) is 3.50. The van der Waals surface area contributed by atoms with E-state index in [-0.39, 0.29) is 5.69 Å². The summed E-state index contributed by atoms with van der Waals surface area (Å²) in [7, 11) is 0. The highest BCUT2D eigenvalue weighted by molar-refractivity contribution is 5.42. The van der Waals surface area contributed by atoms with E-state index in [1.165, 1.54) is 31.5 Å². The van der Waals surface area contributed by atoms with Crippen LogP contribution in [0.4, 0.5) is 11.5 Å². The molecule has 6 heteroatoms. The van der Waals surface area contributed by atoms with Gasteiger partial charge in [0, 0.05) is 25.2 Å². The molecule has 1 aromatic heterocycles. The SMILES string of the molecule is CCN(CC1CCCCN1)c1ccc([N+](=O)[O-])cn1. The molecule has 104 valence electrons. The van der Waals surface area contributed by atoms with Crippen LogP contribution in [0.15, 0.2) is 18.3 Å². The minimum Gasteiger partial charge on any atom is -0.355 e. The first kappa shape index (κ1) is 13.7. The molecule has 0 saturated carbocycles. The third kappa shape index (κ3) is 3.64. The van der Waals surface area contributed by atoms with E-state index in [0.717, 1.165) is 25.5 Å². The standard InChI is InChI=1S/C13H20N4O2/c1-2-16(10-11-5-3-4-8-14-11)13-7-6-12(9-15-13)17(18)19/h6-7,9,11,14H,2-5,8,10H2,1H3. The maximum absolute atomic E-state index is 10.6. The van der Waals surface area contributed by atoms with Crippen LogP contribution in [-0.4, -0.2) is 35.6 Å². The molecule has 0 bridgehead atoms. The molecule has 1 saturated heterocycles. The van der Waals surface area contributed by atoms with Crippen molar-refractivity contribution in [3.8, 4) is 0 Å². The average molecular weight is 264 g/mol. The Hall–Kier alpha value is -1.69. The normalized spacial score (nSPS) is 19.1. The lowest BCUT2D eigenvalue weighted by Crippen LogP contribution is -2.44. The van der Waals surface area contributed by atoms with Gasteiger partial charge in [0.15, 0.2) is 0 Å². The zero-order valence-electron chi connectivity index (χ0n) is 11.2. The first-order chi connectivity index (χ1) is 9.20. The van der Waals surface area contributed by atoms with E-state index < -0.39 is 4.92 Å². The minimum atomic E-state index is -0.421. The summed E-state index contributed by atoms with van der Waals surface area (Å²) in [6.45, 7) is 4.91. The Labute approximate surface area is 113 Å². The summed E-state index contributed by atoms with van der Waals surface area (Å²) in [6.07, 6.45) is 5.02. The monoisotopic (exact) mass is 264 g/mol. The number of anilines is 1. The molecule has 6 nitrogen and oxygen atoms in total. The fourth-order valence-corrected chi connectivity index (χ4v) is 2.40. The summed E-state index contributed by atoms with van der Waals surface area (Å²) in [5.74, 6) is 0.806. The van der Waals surface area contributed by atoms with Crippen molar-refractivity contribution in [1.29, 1.82) is 0 Å². The second kappa shape index (κ2) is 6.47. The zero-order valence-corrected chi connectivity index (χ0v) is 11.2. The molecule has 1 fully saturated rings. The molecule has 2 heterocycles. The van der Waals surface area contributed by atoms with Crippen molar-refractivity contribution in [2.75, 3.05) is 24.5 Å². The van der Waals surface area contributed by atoms with Crippen LogP contribution in [0.1, 0.15) is 26.2 Å². The van der Waals surface area contributed by atoms with Crippen LogP contribution in [0.2, 0.25) is 0 Å². The highest BCUT2D eigenvalue weighted by Crippen LogP contribution is 2.17. The van der Waals surface area contributed by atoms with Crippen LogP contribution in [0, 0.1) is 10.1 Å². The van der Waals surface area contributed by atoms with Crippen molar-refractivity contribution in [2.24, 2.45) is 0 Å². The molecule has 1 aromatic rings. The van der Waals surface area contributed by atoms with E-state index in [1.807, 2.05) is 0 Å². The summed E-state index contributed by atoms with van der Waals surface area (Å²) in [5, 5.41) is 14.1. The Morgan fingerprint density at radius 2 is 2.37 bits per heavy atom. The molecule has 1 aliphatic rings. The van der Waals surface area contributed by atoms with Crippen LogP contribution >= 0.6 is 0 Å². The van der Waals surface area contributed by atoms with E-state index in [4.69, 9.17) is 0 Å². The highest BCUT2D eigenvalue weighted by atomic mass is 16.6. The minimum absolute atomic E-state index is 0.0376. The lowest BCUT2D eigenvalue weighted by atomic mass is 10.0. The average Bonchev–Trinajstić information content (AvgIpc) is 2.46. The van der Waals surface area contributed by atoms with Crippen LogP contribution < -0.4 is 10.2 Å². The van der Waals surface area contributed by atoms with Gasteiger partial charge in [-0.15, -0.1) is 0 Å². The number of hydrogen-bond donors (Lipinski definition) is 1. The molecule has 0 spiro atoms. The quantitative estimate of drug-likeness (QED) is 0.650. The first-order valence-corrected chi connectivity index (χ1v) is 6.79. The Balaban J connectivity index is 2.01. The molecule has 0 aromatic carbocycles. The van der Waals surface area contributed by atoms with Gasteiger partial charge in [-0.05, 0) is 32.4 Å². The fourth-order valence-electron chi connectivity index (χ4n) is 2.40. The van der Waals surface area contributed by atoms with Crippen LogP contribution in [0.5, 0.6) is 0 Å². The molecule has 0 amide bonds. The van der Waals surface area contributed by atoms with Gasteiger partial charge < -0.3 is 10.2 Å². The summed E-state index contributed by atoms with van der Waals surface area (Å²) < 4.78 is 0. The summed E-state index contributed by atoms with van der Waals surface area (Å²) in [4.78, 5) is 16.5. The number of aromatic nitrogens is 1. The van der Waals surface area contributed by atoms with Gasteiger partial charge in [-0.1, -0.05) is 6.42 Å². The number of rotatable bonds is 5. The van der Waals surface area contributed by atoms with E-state index in [9.17, 15) is 10.1 Å². The second-order valence-electron chi connectivity index (χ2n) is 4.82. The van der Waals surface area contributed by atoms with Gasteiger partial charge in [0.2, 0.25) is 0 Å². The number of likely N-dealkylation sites (N-methyl/N-ethyl adjacent to an activating group) is 1. The number of nitrogens with zero attached hydrogens (tertiary/aromatic N) is 3. The predicted octanol–water partition coefficient (Wildman–Crippen LogP) is 1.96. The van der Waals surface area contributed by atoms with Crippen LogP contribution in [0.3, 0.4) is 0 Å². The van der Waals surface area contributed by atoms with Crippen molar-refractivity contribution < 1.29 is 4.92 Å². The molecule has 1 aliphatic heterocycles. The lowest BCUT2D eigenvalue weighted by Gasteiger charge is -2.30. The smallest absolute Gasteiger partial charge is 0.287 e. The largest absolute Gasteiger partial charge is 0.355 e. The van der Waals surface area contributed by atoms with Gasteiger partial charge in [-0.3, -0.25) is 10.1 Å². The molecule has 1 atom stereocenters. The third-order valence-electron chi connectivity index (χ3n) is 3.50. The van der Waals surface area contributed by atoms with E-state index in [0.29, 0.717) is 6.04 Å². The molecule has 1 N–H and O–H groups in total. The van der Waals surface area contributed by atoms with Gasteiger partial charge in [-0.2, -0.15) is 0 Å². The Bertz CT molecular complexity index is 415. The van der Waals surface area contributed by atoms with Gasteiger partial charge in [0.1, 0.15) is 12.0 Å². The number of nitrogens with one attached hydrogen (secondary N) is 1. The van der Waals surface area contributed by atoms with Crippen molar-refractivity contribution in [3.05, 3.63) is 28.4 Å². The Morgan fingerprint density at radius 3 is 2.89 bits per heavy atom. The zero-order chi connectivity index (χ0) is 13.7. The fraction of sp³-hybridized carbons (Fsp3) is 0.615. The number of hydrogen-bond acceptors (Lipinski definition) is 5. The van der Waals surface area contributed by atoms with E-state index in [1.54, 1.807) is 6.07 Å². The van der Waals surface area contributed by atoms with Crippen LogP contribution in [0.25, 0.3) is 0 Å². The summed E-state index contributed by atoms with van der Waals surface area (Å²) >= 11 is 0. The Kier molecular flexibility index (Phi) is 4.68. The molecule has 2 rings (SSSR count). The van der Waals surface area contributed by atoms with Crippen molar-refractivity contribution in [1.82, 2.24) is 10.3 Å². The van der Waals surface area contributed by atoms with Gasteiger partial charge >= 0.3 is 0 Å². The predicted molar refractivity (Wildman–Crippen MR) is 74.4 cm³/mol. The highest BCUT2D eigenvalue weighted by Gasteiger charge is 2.17. The van der Waals surface area contributed by atoms with Gasteiger partial charge in [0.25, 0.3) is 5.69 Å². The van der Waals surface area contributed by atoms with Crippen LogP contribution in [-0.2, 0) is 0 Å². The number of nitro groups is 1. The van der Waals surface area contributed by atoms with Crippen molar-refractivity contribution in [2.45, 2.75) is 32.2 Å². The Morgan fingerprint density at radius 1 is 1.53 bits per heavy atom. The molecular formula is C13H20N4O2. The maximum atomic E-state index is 10.6. The van der Waals surface area contributed by atoms with Crippen molar-refractivity contribution >= 4 is 11.5 Å².